The molecule has 2 aromatic rings. The van der Waals surface area contributed by atoms with Gasteiger partial charge in [0.2, 0.25) is 0 Å². The van der Waals surface area contributed by atoms with E-state index in [0.29, 0.717) is 0 Å². The second-order valence-corrected chi connectivity index (χ2v) is 6.03. The summed E-state index contributed by atoms with van der Waals surface area (Å²) in [5, 5.41) is 2.35. The van der Waals surface area contributed by atoms with E-state index in [0.717, 1.165) is 28.7 Å². The Morgan fingerprint density at radius 3 is 2.89 bits per heavy atom. The largest absolute Gasteiger partial charge is 0.398 e. The Bertz CT molecular complexity index is 650. The van der Waals surface area contributed by atoms with Gasteiger partial charge in [0.1, 0.15) is 0 Å². The topological polar surface area (TPSA) is 42.1 Å². The lowest BCUT2D eigenvalue weighted by molar-refractivity contribution is 0.554. The summed E-state index contributed by atoms with van der Waals surface area (Å²) in [6.45, 7) is 3.26. The first-order chi connectivity index (χ1) is 9.22. The van der Waals surface area contributed by atoms with Crippen LogP contribution in [0, 0.1) is 12.8 Å². The van der Waals surface area contributed by atoms with Crippen LogP contribution in [0.25, 0.3) is 10.8 Å². The first-order valence-electron chi connectivity index (χ1n) is 7.14. The summed E-state index contributed by atoms with van der Waals surface area (Å²) < 4.78 is 0. The lowest BCUT2D eigenvalue weighted by Crippen LogP contribution is -2.31. The summed E-state index contributed by atoms with van der Waals surface area (Å²) in [6, 6.07) is 7.14. The van der Waals surface area contributed by atoms with Gasteiger partial charge in [0.05, 0.1) is 0 Å². The molecule has 1 aliphatic heterocycles. The average molecular weight is 253 g/mol. The standard InChI is InChI=1S/C16H19N3/c1-10-6-13-14(8-18-10)15(17)4-5-16(13)19-9-11-2-3-12(19)7-11/h4-6,8,11-12H,2-3,7,9,17H2,1H3. The highest BCUT2D eigenvalue weighted by Crippen LogP contribution is 2.43. The molecule has 2 aliphatic rings. The third-order valence-electron chi connectivity index (χ3n) is 4.77. The van der Waals surface area contributed by atoms with Gasteiger partial charge < -0.3 is 10.6 Å². The van der Waals surface area contributed by atoms with Crippen LogP contribution in [-0.4, -0.2) is 17.6 Å². The zero-order valence-corrected chi connectivity index (χ0v) is 11.3. The molecule has 1 saturated heterocycles. The first kappa shape index (κ1) is 11.1. The van der Waals surface area contributed by atoms with E-state index in [1.165, 1.54) is 36.9 Å². The van der Waals surface area contributed by atoms with Crippen LogP contribution >= 0.6 is 0 Å². The third kappa shape index (κ3) is 1.61. The number of aromatic nitrogens is 1. The van der Waals surface area contributed by atoms with E-state index in [1.54, 1.807) is 0 Å². The fourth-order valence-electron chi connectivity index (χ4n) is 3.82. The van der Waals surface area contributed by atoms with Gasteiger partial charge in [-0.3, -0.25) is 4.98 Å². The summed E-state index contributed by atoms with van der Waals surface area (Å²) in [4.78, 5) is 6.98. The SMILES string of the molecule is Cc1cc2c(N3CC4CCC3C4)ccc(N)c2cn1. The molecule has 4 rings (SSSR count). The molecule has 2 fully saturated rings. The van der Waals surface area contributed by atoms with E-state index in [-0.39, 0.29) is 0 Å². The van der Waals surface area contributed by atoms with E-state index in [2.05, 4.69) is 22.0 Å². The number of nitrogens with two attached hydrogens (primary N) is 1. The van der Waals surface area contributed by atoms with Crippen LogP contribution in [0.15, 0.2) is 24.4 Å². The highest BCUT2D eigenvalue weighted by Gasteiger charge is 2.38. The summed E-state index contributed by atoms with van der Waals surface area (Å²) in [5.41, 5.74) is 9.33. The number of benzene rings is 1. The predicted molar refractivity (Wildman–Crippen MR) is 79.4 cm³/mol. The molecule has 0 spiro atoms. The monoisotopic (exact) mass is 253 g/mol. The summed E-state index contributed by atoms with van der Waals surface area (Å²) in [7, 11) is 0. The molecule has 0 amide bonds. The summed E-state index contributed by atoms with van der Waals surface area (Å²) >= 11 is 0. The Morgan fingerprint density at radius 2 is 2.16 bits per heavy atom. The number of fused-ring (bicyclic) bond motifs is 3. The molecule has 2 atom stereocenters. The lowest BCUT2D eigenvalue weighted by atomic mass is 10.0. The zero-order valence-electron chi connectivity index (χ0n) is 11.3. The van der Waals surface area contributed by atoms with Crippen LogP contribution in [-0.2, 0) is 0 Å². The molecule has 19 heavy (non-hydrogen) atoms. The van der Waals surface area contributed by atoms with Crippen molar-refractivity contribution in [1.29, 1.82) is 0 Å². The van der Waals surface area contributed by atoms with Crippen molar-refractivity contribution in [3.63, 3.8) is 0 Å². The minimum Gasteiger partial charge on any atom is -0.398 e. The molecule has 1 aliphatic carbocycles. The van der Waals surface area contributed by atoms with Crippen LogP contribution < -0.4 is 10.6 Å². The van der Waals surface area contributed by atoms with Crippen molar-refractivity contribution in [3.05, 3.63) is 30.1 Å². The van der Waals surface area contributed by atoms with Gasteiger partial charge in [-0.2, -0.15) is 0 Å². The van der Waals surface area contributed by atoms with E-state index in [1.807, 2.05) is 19.2 Å². The Labute approximate surface area is 113 Å². The smallest absolute Gasteiger partial charge is 0.0451 e. The number of aryl methyl sites for hydroxylation is 1. The Balaban J connectivity index is 1.90. The number of hydrogen-bond donors (Lipinski definition) is 1. The van der Waals surface area contributed by atoms with Crippen LogP contribution in [0.1, 0.15) is 25.0 Å². The maximum atomic E-state index is 6.09. The van der Waals surface area contributed by atoms with Crippen LogP contribution in [0.2, 0.25) is 0 Å². The number of anilines is 2. The second-order valence-electron chi connectivity index (χ2n) is 6.03. The molecule has 1 aromatic heterocycles. The number of piperidine rings is 1. The van der Waals surface area contributed by atoms with Crippen molar-refractivity contribution in [1.82, 2.24) is 4.98 Å². The molecule has 98 valence electrons. The Kier molecular flexibility index (Phi) is 2.25. The molecule has 2 unspecified atom stereocenters. The van der Waals surface area contributed by atoms with Crippen LogP contribution in [0.3, 0.4) is 0 Å². The maximum absolute atomic E-state index is 6.09. The van der Waals surface area contributed by atoms with E-state index in [9.17, 15) is 0 Å². The predicted octanol–water partition coefficient (Wildman–Crippen LogP) is 3.11. The van der Waals surface area contributed by atoms with Gasteiger partial charge in [-0.15, -0.1) is 0 Å². The highest BCUT2D eigenvalue weighted by atomic mass is 15.2. The van der Waals surface area contributed by atoms with Gasteiger partial charge in [-0.25, -0.2) is 0 Å². The average Bonchev–Trinajstić information content (AvgIpc) is 3.01. The van der Waals surface area contributed by atoms with E-state index < -0.39 is 0 Å². The van der Waals surface area contributed by atoms with Crippen molar-refractivity contribution in [2.45, 2.75) is 32.2 Å². The molecule has 1 aromatic carbocycles. The molecular formula is C16H19N3. The van der Waals surface area contributed by atoms with E-state index in [4.69, 9.17) is 5.73 Å². The molecule has 1 saturated carbocycles. The molecule has 3 heteroatoms. The van der Waals surface area contributed by atoms with E-state index >= 15 is 0 Å². The number of hydrogen-bond acceptors (Lipinski definition) is 3. The highest BCUT2D eigenvalue weighted by molar-refractivity contribution is 6.01. The molecule has 2 N–H and O–H groups in total. The van der Waals surface area contributed by atoms with Crippen molar-refractivity contribution in [2.75, 3.05) is 17.2 Å². The molecule has 2 bridgehead atoms. The van der Waals surface area contributed by atoms with Gasteiger partial charge in [0.15, 0.2) is 0 Å². The van der Waals surface area contributed by atoms with Crippen molar-refractivity contribution in [3.8, 4) is 0 Å². The maximum Gasteiger partial charge on any atom is 0.0451 e. The first-order valence-corrected chi connectivity index (χ1v) is 7.14. The molecule has 2 heterocycles. The van der Waals surface area contributed by atoms with Gasteiger partial charge in [0, 0.05) is 46.6 Å². The quantitative estimate of drug-likeness (QED) is 0.794. The lowest BCUT2D eigenvalue weighted by Gasteiger charge is -2.30. The Hall–Kier alpha value is -1.77. The number of pyridine rings is 1. The summed E-state index contributed by atoms with van der Waals surface area (Å²) in [6.07, 6.45) is 6.04. The normalized spacial score (nSPS) is 25.4. The van der Waals surface area contributed by atoms with Crippen LogP contribution in [0.5, 0.6) is 0 Å². The minimum absolute atomic E-state index is 0.741. The number of nitrogen functional groups attached to an aromatic ring is 1. The number of nitrogens with zero attached hydrogens (tertiary/aromatic N) is 2. The number of rotatable bonds is 1. The molecular weight excluding hydrogens is 234 g/mol. The van der Waals surface area contributed by atoms with Gasteiger partial charge in [-0.05, 0) is 50.3 Å². The van der Waals surface area contributed by atoms with Gasteiger partial charge in [-0.1, -0.05) is 0 Å². The van der Waals surface area contributed by atoms with Crippen LogP contribution in [0.4, 0.5) is 11.4 Å². The fraction of sp³-hybridized carbons (Fsp3) is 0.438. The summed E-state index contributed by atoms with van der Waals surface area (Å²) in [5.74, 6) is 0.903. The third-order valence-corrected chi connectivity index (χ3v) is 4.77. The minimum atomic E-state index is 0.741. The van der Waals surface area contributed by atoms with Gasteiger partial charge in [0.25, 0.3) is 0 Å². The van der Waals surface area contributed by atoms with Crippen molar-refractivity contribution >= 4 is 22.1 Å². The second kappa shape index (κ2) is 3.86. The van der Waals surface area contributed by atoms with Crippen molar-refractivity contribution in [2.24, 2.45) is 5.92 Å². The Morgan fingerprint density at radius 1 is 1.26 bits per heavy atom. The van der Waals surface area contributed by atoms with Gasteiger partial charge >= 0.3 is 0 Å². The van der Waals surface area contributed by atoms with Crippen molar-refractivity contribution < 1.29 is 0 Å². The molecule has 0 radical (unpaired) electrons. The molecule has 3 nitrogen and oxygen atoms in total. The zero-order chi connectivity index (χ0) is 13.0. The fourth-order valence-corrected chi connectivity index (χ4v) is 3.82.